The zero-order valence-corrected chi connectivity index (χ0v) is 11.9. The number of pyridine rings is 1. The number of hydrogen-bond donors (Lipinski definition) is 0. The first kappa shape index (κ1) is 14.1. The number of esters is 1. The molecular weight excluding hydrogens is 254 g/mol. The Morgan fingerprint density at radius 3 is 2.75 bits per heavy atom. The molecule has 104 valence electrons. The molecule has 0 amide bonds. The number of ether oxygens (including phenoxy) is 1. The van der Waals surface area contributed by atoms with Crippen LogP contribution in [0.4, 0.5) is 0 Å². The van der Waals surface area contributed by atoms with Crippen molar-refractivity contribution in [1.82, 2.24) is 15.0 Å². The monoisotopic (exact) mass is 271 g/mol. The van der Waals surface area contributed by atoms with E-state index in [9.17, 15) is 4.79 Å². The standard InChI is InChI=1S/C15H17N3O2/c1-4-13-12(15(19)20-5-2)9-17-14(18-13)11-6-7-16-8-10(11)3/h6-9H,4-5H2,1-3H3. The van der Waals surface area contributed by atoms with Gasteiger partial charge in [-0.1, -0.05) is 6.92 Å². The molecule has 0 unspecified atom stereocenters. The molecule has 2 aromatic rings. The molecular formula is C15H17N3O2. The van der Waals surface area contributed by atoms with Crippen LogP contribution in [0.1, 0.15) is 35.5 Å². The lowest BCUT2D eigenvalue weighted by Gasteiger charge is -2.09. The van der Waals surface area contributed by atoms with E-state index in [4.69, 9.17) is 4.74 Å². The zero-order valence-electron chi connectivity index (χ0n) is 11.9. The Balaban J connectivity index is 2.45. The molecule has 20 heavy (non-hydrogen) atoms. The van der Waals surface area contributed by atoms with Gasteiger partial charge in [-0.05, 0) is 31.9 Å². The number of carbonyl (C=O) groups is 1. The Morgan fingerprint density at radius 2 is 2.10 bits per heavy atom. The van der Waals surface area contributed by atoms with Crippen LogP contribution in [0.2, 0.25) is 0 Å². The van der Waals surface area contributed by atoms with E-state index < -0.39 is 0 Å². The van der Waals surface area contributed by atoms with E-state index in [1.807, 2.05) is 19.9 Å². The van der Waals surface area contributed by atoms with E-state index in [1.54, 1.807) is 25.5 Å². The summed E-state index contributed by atoms with van der Waals surface area (Å²) < 4.78 is 5.01. The van der Waals surface area contributed by atoms with Gasteiger partial charge in [0.25, 0.3) is 0 Å². The molecule has 2 rings (SSSR count). The molecule has 0 aliphatic rings. The minimum Gasteiger partial charge on any atom is -0.462 e. The van der Waals surface area contributed by atoms with Crippen molar-refractivity contribution < 1.29 is 9.53 Å². The summed E-state index contributed by atoms with van der Waals surface area (Å²) in [5.74, 6) is 0.233. The lowest BCUT2D eigenvalue weighted by atomic mass is 10.1. The fourth-order valence-corrected chi connectivity index (χ4v) is 1.92. The number of rotatable bonds is 4. The second kappa shape index (κ2) is 6.23. The first-order valence-corrected chi connectivity index (χ1v) is 6.61. The molecule has 0 atom stereocenters. The first-order valence-electron chi connectivity index (χ1n) is 6.61. The van der Waals surface area contributed by atoms with Crippen molar-refractivity contribution in [2.45, 2.75) is 27.2 Å². The predicted octanol–water partition coefficient (Wildman–Crippen LogP) is 2.59. The van der Waals surface area contributed by atoms with Gasteiger partial charge in [-0.3, -0.25) is 4.98 Å². The zero-order chi connectivity index (χ0) is 14.5. The van der Waals surface area contributed by atoms with Crippen molar-refractivity contribution in [2.75, 3.05) is 6.61 Å². The topological polar surface area (TPSA) is 65.0 Å². The van der Waals surface area contributed by atoms with Crippen LogP contribution in [0.3, 0.4) is 0 Å². The van der Waals surface area contributed by atoms with Gasteiger partial charge in [-0.15, -0.1) is 0 Å². The highest BCUT2D eigenvalue weighted by Gasteiger charge is 2.15. The summed E-state index contributed by atoms with van der Waals surface area (Å²) >= 11 is 0. The average Bonchev–Trinajstić information content (AvgIpc) is 2.47. The Hall–Kier alpha value is -2.30. The second-order valence-corrected chi connectivity index (χ2v) is 4.32. The Kier molecular flexibility index (Phi) is 4.40. The molecule has 0 N–H and O–H groups in total. The third-order valence-corrected chi connectivity index (χ3v) is 2.96. The molecule has 0 aromatic carbocycles. The molecule has 0 aliphatic carbocycles. The number of hydrogen-bond acceptors (Lipinski definition) is 5. The highest BCUT2D eigenvalue weighted by molar-refractivity contribution is 5.90. The van der Waals surface area contributed by atoms with Crippen molar-refractivity contribution in [1.29, 1.82) is 0 Å². The summed E-state index contributed by atoms with van der Waals surface area (Å²) in [6.45, 7) is 6.02. The molecule has 0 saturated carbocycles. The number of aryl methyl sites for hydroxylation is 2. The summed E-state index contributed by atoms with van der Waals surface area (Å²) in [7, 11) is 0. The molecule has 5 heteroatoms. The molecule has 2 aromatic heterocycles. The first-order chi connectivity index (χ1) is 9.67. The summed E-state index contributed by atoms with van der Waals surface area (Å²) in [6.07, 6.45) is 5.66. The third-order valence-electron chi connectivity index (χ3n) is 2.96. The molecule has 0 aliphatic heterocycles. The highest BCUT2D eigenvalue weighted by atomic mass is 16.5. The largest absolute Gasteiger partial charge is 0.462 e. The minimum absolute atomic E-state index is 0.340. The van der Waals surface area contributed by atoms with Gasteiger partial charge in [0.2, 0.25) is 0 Å². The van der Waals surface area contributed by atoms with Crippen LogP contribution in [0, 0.1) is 6.92 Å². The van der Waals surface area contributed by atoms with Crippen LogP contribution in [0.25, 0.3) is 11.4 Å². The van der Waals surface area contributed by atoms with Gasteiger partial charge >= 0.3 is 5.97 Å². The lowest BCUT2D eigenvalue weighted by molar-refractivity contribution is 0.0524. The summed E-state index contributed by atoms with van der Waals surface area (Å²) in [6, 6.07) is 1.87. The van der Waals surface area contributed by atoms with E-state index in [-0.39, 0.29) is 5.97 Å². The predicted molar refractivity (Wildman–Crippen MR) is 75.3 cm³/mol. The molecule has 0 saturated heterocycles. The van der Waals surface area contributed by atoms with Crippen LogP contribution < -0.4 is 0 Å². The van der Waals surface area contributed by atoms with Gasteiger partial charge in [0.1, 0.15) is 0 Å². The number of nitrogens with zero attached hydrogens (tertiary/aromatic N) is 3. The van der Waals surface area contributed by atoms with Crippen molar-refractivity contribution >= 4 is 5.97 Å². The molecule has 5 nitrogen and oxygen atoms in total. The van der Waals surface area contributed by atoms with Gasteiger partial charge in [-0.2, -0.15) is 0 Å². The number of carbonyl (C=O) groups excluding carboxylic acids is 1. The van der Waals surface area contributed by atoms with Gasteiger partial charge in [0, 0.05) is 24.2 Å². The van der Waals surface area contributed by atoms with E-state index in [0.717, 1.165) is 11.1 Å². The third kappa shape index (κ3) is 2.82. The molecule has 2 heterocycles. The van der Waals surface area contributed by atoms with Crippen LogP contribution in [-0.2, 0) is 11.2 Å². The quantitative estimate of drug-likeness (QED) is 0.800. The van der Waals surface area contributed by atoms with Gasteiger partial charge in [-0.25, -0.2) is 14.8 Å². The van der Waals surface area contributed by atoms with Crippen molar-refractivity contribution in [3.63, 3.8) is 0 Å². The van der Waals surface area contributed by atoms with Crippen LogP contribution >= 0.6 is 0 Å². The summed E-state index contributed by atoms with van der Waals surface area (Å²) in [5.41, 5.74) is 3.05. The van der Waals surface area contributed by atoms with Gasteiger partial charge in [0.15, 0.2) is 5.82 Å². The summed E-state index contributed by atoms with van der Waals surface area (Å²) in [5, 5.41) is 0. The molecule has 0 radical (unpaired) electrons. The molecule has 0 bridgehead atoms. The lowest BCUT2D eigenvalue weighted by Crippen LogP contribution is -2.11. The fourth-order valence-electron chi connectivity index (χ4n) is 1.92. The van der Waals surface area contributed by atoms with Crippen molar-refractivity contribution in [3.8, 4) is 11.4 Å². The van der Waals surface area contributed by atoms with Crippen molar-refractivity contribution in [2.24, 2.45) is 0 Å². The van der Waals surface area contributed by atoms with Crippen molar-refractivity contribution in [3.05, 3.63) is 41.5 Å². The maximum absolute atomic E-state index is 11.8. The van der Waals surface area contributed by atoms with E-state index in [1.165, 1.54) is 0 Å². The maximum Gasteiger partial charge on any atom is 0.341 e. The molecule has 0 spiro atoms. The highest BCUT2D eigenvalue weighted by Crippen LogP contribution is 2.20. The Labute approximate surface area is 118 Å². The Bertz CT molecular complexity index is 626. The van der Waals surface area contributed by atoms with Crippen LogP contribution in [-0.4, -0.2) is 27.5 Å². The Morgan fingerprint density at radius 1 is 1.30 bits per heavy atom. The normalized spacial score (nSPS) is 10.3. The van der Waals surface area contributed by atoms with Crippen LogP contribution in [0.5, 0.6) is 0 Å². The number of aromatic nitrogens is 3. The maximum atomic E-state index is 11.8. The van der Waals surface area contributed by atoms with E-state index in [2.05, 4.69) is 15.0 Å². The average molecular weight is 271 g/mol. The van der Waals surface area contributed by atoms with E-state index in [0.29, 0.717) is 30.1 Å². The SMILES string of the molecule is CCOC(=O)c1cnc(-c2ccncc2C)nc1CC. The van der Waals surface area contributed by atoms with Gasteiger partial charge < -0.3 is 4.74 Å². The summed E-state index contributed by atoms with van der Waals surface area (Å²) in [4.78, 5) is 24.6. The second-order valence-electron chi connectivity index (χ2n) is 4.32. The van der Waals surface area contributed by atoms with Gasteiger partial charge in [0.05, 0.1) is 17.9 Å². The van der Waals surface area contributed by atoms with Crippen LogP contribution in [0.15, 0.2) is 24.7 Å². The smallest absolute Gasteiger partial charge is 0.341 e. The minimum atomic E-state index is -0.373. The fraction of sp³-hybridized carbons (Fsp3) is 0.333. The van der Waals surface area contributed by atoms with E-state index >= 15 is 0 Å². The molecule has 0 fully saturated rings.